The predicted octanol–water partition coefficient (Wildman–Crippen LogP) is -0.435. The third-order valence-corrected chi connectivity index (χ3v) is 4.35. The van der Waals surface area contributed by atoms with Crippen LogP contribution in [0.4, 0.5) is 0 Å². The third kappa shape index (κ3) is 2.64. The molecule has 0 spiro atoms. The molecule has 0 unspecified atom stereocenters. The standard InChI is InChI=1S/C14H22N2O4/c1-14(2)13(20)15-9-5-3-4-6-10(9)16(14)11(17)7-8-12(18)19/h9-10H,3-8H2,1-2H3,(H,15,20)(H,18,19)/p-1/t9-,10-/m0/s1. The largest absolute Gasteiger partial charge is 0.550 e. The van der Waals surface area contributed by atoms with Gasteiger partial charge in [0.15, 0.2) is 0 Å². The van der Waals surface area contributed by atoms with E-state index in [2.05, 4.69) is 5.32 Å². The molecular formula is C14H21N2O4-. The Balaban J connectivity index is 2.21. The van der Waals surface area contributed by atoms with E-state index in [0.717, 1.165) is 25.7 Å². The van der Waals surface area contributed by atoms with Crippen LogP contribution >= 0.6 is 0 Å². The molecule has 2 amide bonds. The zero-order valence-electron chi connectivity index (χ0n) is 12.0. The number of carboxylic acids is 1. The number of hydrogen-bond donors (Lipinski definition) is 1. The molecular weight excluding hydrogens is 260 g/mol. The van der Waals surface area contributed by atoms with Crippen LogP contribution in [-0.4, -0.2) is 40.3 Å². The van der Waals surface area contributed by atoms with Crippen LogP contribution in [0, 0.1) is 0 Å². The summed E-state index contributed by atoms with van der Waals surface area (Å²) in [7, 11) is 0. The highest BCUT2D eigenvalue weighted by atomic mass is 16.4. The summed E-state index contributed by atoms with van der Waals surface area (Å²) in [5, 5.41) is 13.5. The van der Waals surface area contributed by atoms with Gasteiger partial charge in [-0.05, 0) is 33.1 Å². The molecule has 0 bridgehead atoms. The van der Waals surface area contributed by atoms with Crippen molar-refractivity contribution in [3.05, 3.63) is 0 Å². The second kappa shape index (κ2) is 5.42. The average Bonchev–Trinajstić information content (AvgIpc) is 2.37. The van der Waals surface area contributed by atoms with E-state index in [-0.39, 0.29) is 36.7 Å². The number of rotatable bonds is 3. The molecule has 6 heteroatoms. The van der Waals surface area contributed by atoms with Crippen LogP contribution in [0.15, 0.2) is 0 Å². The molecule has 0 radical (unpaired) electrons. The molecule has 1 N–H and O–H groups in total. The molecule has 20 heavy (non-hydrogen) atoms. The van der Waals surface area contributed by atoms with E-state index < -0.39 is 11.5 Å². The Morgan fingerprint density at radius 3 is 2.60 bits per heavy atom. The fourth-order valence-electron chi connectivity index (χ4n) is 3.28. The van der Waals surface area contributed by atoms with Crippen LogP contribution in [-0.2, 0) is 14.4 Å². The number of hydrogen-bond acceptors (Lipinski definition) is 4. The highest BCUT2D eigenvalue weighted by Crippen LogP contribution is 2.33. The number of carboxylic acid groups (broad SMARTS) is 1. The van der Waals surface area contributed by atoms with Crippen molar-refractivity contribution in [1.82, 2.24) is 10.2 Å². The van der Waals surface area contributed by atoms with Crippen LogP contribution in [0.3, 0.4) is 0 Å². The van der Waals surface area contributed by atoms with Crippen molar-refractivity contribution >= 4 is 17.8 Å². The van der Waals surface area contributed by atoms with E-state index in [1.807, 2.05) is 0 Å². The van der Waals surface area contributed by atoms with E-state index in [4.69, 9.17) is 0 Å². The second-order valence-corrected chi connectivity index (χ2v) is 6.13. The van der Waals surface area contributed by atoms with Crippen molar-refractivity contribution in [3.63, 3.8) is 0 Å². The smallest absolute Gasteiger partial charge is 0.245 e. The molecule has 0 aromatic carbocycles. The maximum Gasteiger partial charge on any atom is 0.245 e. The summed E-state index contributed by atoms with van der Waals surface area (Å²) in [6.07, 6.45) is 3.38. The molecule has 1 aliphatic heterocycles. The first kappa shape index (κ1) is 14.8. The molecule has 1 saturated heterocycles. The Morgan fingerprint density at radius 2 is 1.95 bits per heavy atom. The molecule has 1 heterocycles. The summed E-state index contributed by atoms with van der Waals surface area (Å²) < 4.78 is 0. The first-order valence-electron chi connectivity index (χ1n) is 7.17. The van der Waals surface area contributed by atoms with Gasteiger partial charge in [-0.1, -0.05) is 12.8 Å². The second-order valence-electron chi connectivity index (χ2n) is 6.13. The number of amides is 2. The fraction of sp³-hybridized carbons (Fsp3) is 0.786. The Hall–Kier alpha value is -1.59. The molecule has 2 aliphatic rings. The molecule has 112 valence electrons. The van der Waals surface area contributed by atoms with Gasteiger partial charge in [0.05, 0.1) is 6.04 Å². The summed E-state index contributed by atoms with van der Waals surface area (Å²) in [4.78, 5) is 36.7. The van der Waals surface area contributed by atoms with Gasteiger partial charge in [-0.3, -0.25) is 9.59 Å². The van der Waals surface area contributed by atoms with E-state index >= 15 is 0 Å². The molecule has 2 rings (SSSR count). The number of nitrogens with one attached hydrogen (secondary N) is 1. The summed E-state index contributed by atoms with van der Waals surface area (Å²) >= 11 is 0. The van der Waals surface area contributed by atoms with E-state index in [0.29, 0.717) is 0 Å². The van der Waals surface area contributed by atoms with Crippen LogP contribution in [0.5, 0.6) is 0 Å². The Bertz CT molecular complexity index is 433. The topological polar surface area (TPSA) is 89.5 Å². The summed E-state index contributed by atoms with van der Waals surface area (Å²) in [5.74, 6) is -1.67. The molecule has 0 aromatic rings. The number of carbonyl (C=O) groups excluding carboxylic acids is 3. The van der Waals surface area contributed by atoms with Crippen molar-refractivity contribution in [2.75, 3.05) is 0 Å². The minimum Gasteiger partial charge on any atom is -0.550 e. The molecule has 2 atom stereocenters. The first-order chi connectivity index (χ1) is 9.34. The predicted molar refractivity (Wildman–Crippen MR) is 69.4 cm³/mol. The van der Waals surface area contributed by atoms with Gasteiger partial charge in [-0.25, -0.2) is 0 Å². The Kier molecular flexibility index (Phi) is 4.01. The van der Waals surface area contributed by atoms with E-state index in [9.17, 15) is 19.5 Å². The maximum atomic E-state index is 12.4. The maximum absolute atomic E-state index is 12.4. The molecule has 1 aliphatic carbocycles. The lowest BCUT2D eigenvalue weighted by Gasteiger charge is -2.52. The zero-order chi connectivity index (χ0) is 14.9. The summed E-state index contributed by atoms with van der Waals surface area (Å²) in [6.45, 7) is 3.42. The first-order valence-corrected chi connectivity index (χ1v) is 7.17. The number of carbonyl (C=O) groups is 3. The molecule has 6 nitrogen and oxygen atoms in total. The number of piperazine rings is 1. The Labute approximate surface area is 118 Å². The lowest BCUT2D eigenvalue weighted by molar-refractivity contribution is -0.305. The highest BCUT2D eigenvalue weighted by Gasteiger charge is 2.49. The summed E-state index contributed by atoms with van der Waals surface area (Å²) in [5.41, 5.74) is -0.929. The van der Waals surface area contributed by atoms with Crippen LogP contribution in [0.2, 0.25) is 0 Å². The highest BCUT2D eigenvalue weighted by molar-refractivity contribution is 5.93. The number of nitrogens with zero attached hydrogens (tertiary/aromatic N) is 1. The monoisotopic (exact) mass is 281 g/mol. The molecule has 2 fully saturated rings. The molecule has 0 aromatic heterocycles. The van der Waals surface area contributed by atoms with Gasteiger partial charge in [0, 0.05) is 18.4 Å². The summed E-state index contributed by atoms with van der Waals surface area (Å²) in [6, 6.07) is -0.0260. The van der Waals surface area contributed by atoms with Gasteiger partial charge in [0.1, 0.15) is 5.54 Å². The number of fused-ring (bicyclic) bond motifs is 1. The van der Waals surface area contributed by atoms with Gasteiger partial charge in [-0.15, -0.1) is 0 Å². The van der Waals surface area contributed by atoms with E-state index in [1.165, 1.54) is 0 Å². The van der Waals surface area contributed by atoms with Gasteiger partial charge < -0.3 is 20.1 Å². The lowest BCUT2D eigenvalue weighted by Crippen LogP contribution is -2.72. The zero-order valence-corrected chi connectivity index (χ0v) is 12.0. The Morgan fingerprint density at radius 1 is 1.30 bits per heavy atom. The lowest BCUT2D eigenvalue weighted by atomic mass is 9.82. The van der Waals surface area contributed by atoms with Crippen molar-refractivity contribution < 1.29 is 19.5 Å². The van der Waals surface area contributed by atoms with Gasteiger partial charge in [-0.2, -0.15) is 0 Å². The minimum atomic E-state index is -1.24. The fourth-order valence-corrected chi connectivity index (χ4v) is 3.28. The van der Waals surface area contributed by atoms with Crippen molar-refractivity contribution in [2.24, 2.45) is 0 Å². The third-order valence-electron chi connectivity index (χ3n) is 4.35. The molecule has 1 saturated carbocycles. The van der Waals surface area contributed by atoms with Gasteiger partial charge in [0.2, 0.25) is 11.8 Å². The van der Waals surface area contributed by atoms with Crippen LogP contribution < -0.4 is 10.4 Å². The minimum absolute atomic E-state index is 0.00354. The van der Waals surface area contributed by atoms with Gasteiger partial charge in [0.25, 0.3) is 0 Å². The quantitative estimate of drug-likeness (QED) is 0.759. The van der Waals surface area contributed by atoms with Crippen molar-refractivity contribution in [1.29, 1.82) is 0 Å². The normalized spacial score (nSPS) is 28.5. The van der Waals surface area contributed by atoms with Crippen LogP contribution in [0.1, 0.15) is 52.4 Å². The van der Waals surface area contributed by atoms with Crippen molar-refractivity contribution in [3.8, 4) is 0 Å². The van der Waals surface area contributed by atoms with E-state index in [1.54, 1.807) is 18.7 Å². The average molecular weight is 281 g/mol. The van der Waals surface area contributed by atoms with Crippen molar-refractivity contribution in [2.45, 2.75) is 70.0 Å². The SMILES string of the molecule is CC1(C)C(=O)N[C@H]2CCCC[C@@H]2N1C(=O)CCC(=O)[O-]. The van der Waals surface area contributed by atoms with Gasteiger partial charge >= 0.3 is 0 Å². The number of aliphatic carboxylic acids is 1. The van der Waals surface area contributed by atoms with Crippen LogP contribution in [0.25, 0.3) is 0 Å².